The van der Waals surface area contributed by atoms with Crippen molar-refractivity contribution in [1.29, 1.82) is 0 Å². The SMILES string of the molecule is O=C(O)c1ccc(-c2cc(F)cc(F)c2)[nH]c1=O. The lowest BCUT2D eigenvalue weighted by molar-refractivity contribution is 0.0695. The average molecular weight is 251 g/mol. The van der Waals surface area contributed by atoms with E-state index in [1.165, 1.54) is 6.07 Å². The highest BCUT2D eigenvalue weighted by Gasteiger charge is 2.10. The topological polar surface area (TPSA) is 70.2 Å². The summed E-state index contributed by atoms with van der Waals surface area (Å²) in [7, 11) is 0. The number of carbonyl (C=O) groups is 1. The van der Waals surface area contributed by atoms with Crippen LogP contribution in [0.4, 0.5) is 8.78 Å². The number of nitrogens with one attached hydrogen (secondary N) is 1. The number of aromatic nitrogens is 1. The largest absolute Gasteiger partial charge is 0.477 e. The Morgan fingerprint density at radius 2 is 1.72 bits per heavy atom. The molecule has 0 bridgehead atoms. The van der Waals surface area contributed by atoms with Gasteiger partial charge in [-0.25, -0.2) is 13.6 Å². The van der Waals surface area contributed by atoms with Crippen LogP contribution in [0, 0.1) is 11.6 Å². The zero-order valence-corrected chi connectivity index (χ0v) is 8.91. The lowest BCUT2D eigenvalue weighted by Gasteiger charge is -2.03. The van der Waals surface area contributed by atoms with Gasteiger partial charge in [-0.15, -0.1) is 0 Å². The first-order valence-electron chi connectivity index (χ1n) is 4.90. The fraction of sp³-hybridized carbons (Fsp3) is 0. The Balaban J connectivity index is 2.55. The van der Waals surface area contributed by atoms with Crippen molar-refractivity contribution in [2.45, 2.75) is 0 Å². The highest BCUT2D eigenvalue weighted by Crippen LogP contribution is 2.18. The Morgan fingerprint density at radius 3 is 2.22 bits per heavy atom. The van der Waals surface area contributed by atoms with Crippen molar-refractivity contribution in [3.05, 3.63) is 57.9 Å². The summed E-state index contributed by atoms with van der Waals surface area (Å²) in [6.45, 7) is 0. The molecule has 0 saturated carbocycles. The summed E-state index contributed by atoms with van der Waals surface area (Å²) in [5.74, 6) is -2.94. The predicted octanol–water partition coefficient (Wildman–Crippen LogP) is 2.02. The molecule has 4 nitrogen and oxygen atoms in total. The number of rotatable bonds is 2. The third kappa shape index (κ3) is 2.27. The molecule has 0 fully saturated rings. The van der Waals surface area contributed by atoms with E-state index in [0.717, 1.165) is 18.2 Å². The summed E-state index contributed by atoms with van der Waals surface area (Å²) in [6.07, 6.45) is 0. The van der Waals surface area contributed by atoms with Gasteiger partial charge in [0.05, 0.1) is 0 Å². The Bertz CT molecular complexity index is 659. The van der Waals surface area contributed by atoms with E-state index in [2.05, 4.69) is 4.98 Å². The fourth-order valence-corrected chi connectivity index (χ4v) is 1.52. The van der Waals surface area contributed by atoms with Gasteiger partial charge in [0.2, 0.25) is 0 Å². The second-order valence-corrected chi connectivity index (χ2v) is 3.58. The van der Waals surface area contributed by atoms with Gasteiger partial charge >= 0.3 is 5.97 Å². The molecule has 6 heteroatoms. The van der Waals surface area contributed by atoms with Crippen LogP contribution in [0.2, 0.25) is 0 Å². The molecule has 1 aromatic carbocycles. The van der Waals surface area contributed by atoms with E-state index in [9.17, 15) is 18.4 Å². The van der Waals surface area contributed by atoms with Crippen LogP contribution < -0.4 is 5.56 Å². The van der Waals surface area contributed by atoms with Gasteiger partial charge in [0.15, 0.2) is 0 Å². The molecule has 2 rings (SSSR count). The number of carboxylic acids is 1. The van der Waals surface area contributed by atoms with Crippen LogP contribution in [0.25, 0.3) is 11.3 Å². The van der Waals surface area contributed by atoms with Gasteiger partial charge in [-0.05, 0) is 24.3 Å². The normalized spacial score (nSPS) is 10.3. The predicted molar refractivity (Wildman–Crippen MR) is 59.4 cm³/mol. The fourth-order valence-electron chi connectivity index (χ4n) is 1.52. The summed E-state index contributed by atoms with van der Waals surface area (Å²) in [5, 5.41) is 8.68. The van der Waals surface area contributed by atoms with Crippen molar-refractivity contribution < 1.29 is 18.7 Å². The monoisotopic (exact) mass is 251 g/mol. The van der Waals surface area contributed by atoms with Crippen LogP contribution in [0.15, 0.2) is 35.1 Å². The van der Waals surface area contributed by atoms with E-state index < -0.39 is 28.7 Å². The smallest absolute Gasteiger partial charge is 0.341 e. The Kier molecular flexibility index (Phi) is 2.93. The van der Waals surface area contributed by atoms with Gasteiger partial charge in [-0.2, -0.15) is 0 Å². The van der Waals surface area contributed by atoms with Crippen LogP contribution >= 0.6 is 0 Å². The third-order valence-electron chi connectivity index (χ3n) is 2.31. The summed E-state index contributed by atoms with van der Waals surface area (Å²) in [6, 6.07) is 5.13. The van der Waals surface area contributed by atoms with Gasteiger partial charge in [0.25, 0.3) is 5.56 Å². The van der Waals surface area contributed by atoms with E-state index in [1.54, 1.807) is 0 Å². The maximum absolute atomic E-state index is 13.0. The van der Waals surface area contributed by atoms with Crippen LogP contribution in [0.3, 0.4) is 0 Å². The number of halogens is 2. The van der Waals surface area contributed by atoms with Gasteiger partial charge in [-0.1, -0.05) is 0 Å². The van der Waals surface area contributed by atoms with Gasteiger partial charge < -0.3 is 10.1 Å². The Labute approximate surface area is 99.5 Å². The van der Waals surface area contributed by atoms with E-state index >= 15 is 0 Å². The molecule has 0 radical (unpaired) electrons. The van der Waals surface area contributed by atoms with Crippen LogP contribution in [-0.4, -0.2) is 16.1 Å². The minimum atomic E-state index is -1.37. The number of hydrogen-bond donors (Lipinski definition) is 2. The first kappa shape index (κ1) is 12.0. The first-order chi connectivity index (χ1) is 8.47. The number of aromatic carboxylic acids is 1. The zero-order chi connectivity index (χ0) is 13.3. The zero-order valence-electron chi connectivity index (χ0n) is 8.91. The summed E-state index contributed by atoms with van der Waals surface area (Å²) in [4.78, 5) is 24.3. The number of benzene rings is 1. The number of hydrogen-bond acceptors (Lipinski definition) is 2. The van der Waals surface area contributed by atoms with Crippen LogP contribution in [0.1, 0.15) is 10.4 Å². The molecule has 0 aliphatic rings. The maximum Gasteiger partial charge on any atom is 0.341 e. The Hall–Kier alpha value is -2.50. The van der Waals surface area contributed by atoms with Crippen molar-refractivity contribution in [3.63, 3.8) is 0 Å². The van der Waals surface area contributed by atoms with Crippen LogP contribution in [-0.2, 0) is 0 Å². The number of pyridine rings is 1. The van der Waals surface area contributed by atoms with Crippen molar-refractivity contribution in [1.82, 2.24) is 4.98 Å². The van der Waals surface area contributed by atoms with E-state index in [1.807, 2.05) is 0 Å². The first-order valence-corrected chi connectivity index (χ1v) is 4.90. The number of aromatic amines is 1. The van der Waals surface area contributed by atoms with E-state index in [-0.39, 0.29) is 11.3 Å². The van der Waals surface area contributed by atoms with E-state index in [4.69, 9.17) is 5.11 Å². The van der Waals surface area contributed by atoms with Crippen molar-refractivity contribution in [2.24, 2.45) is 0 Å². The third-order valence-corrected chi connectivity index (χ3v) is 2.31. The van der Waals surface area contributed by atoms with Crippen molar-refractivity contribution in [3.8, 4) is 11.3 Å². The van der Waals surface area contributed by atoms with Gasteiger partial charge in [-0.3, -0.25) is 4.79 Å². The van der Waals surface area contributed by atoms with Gasteiger partial charge in [0.1, 0.15) is 17.2 Å². The van der Waals surface area contributed by atoms with Crippen LogP contribution in [0.5, 0.6) is 0 Å². The van der Waals surface area contributed by atoms with Gasteiger partial charge in [0, 0.05) is 17.3 Å². The molecule has 0 aliphatic heterocycles. The molecule has 1 heterocycles. The molecule has 2 N–H and O–H groups in total. The molecule has 92 valence electrons. The highest BCUT2D eigenvalue weighted by atomic mass is 19.1. The molecular weight excluding hydrogens is 244 g/mol. The molecular formula is C12H7F2NO3. The molecule has 0 spiro atoms. The summed E-state index contributed by atoms with van der Waals surface area (Å²) in [5.41, 5.74) is -0.995. The molecule has 0 aliphatic carbocycles. The van der Waals surface area contributed by atoms with E-state index in [0.29, 0.717) is 6.07 Å². The molecule has 2 aromatic rings. The minimum Gasteiger partial charge on any atom is -0.477 e. The lowest BCUT2D eigenvalue weighted by Crippen LogP contribution is -2.17. The second kappa shape index (κ2) is 4.40. The standard InChI is InChI=1S/C12H7F2NO3/c13-7-3-6(4-8(14)5-7)10-2-1-9(12(17)18)11(16)15-10/h1-5H,(H,15,16)(H,17,18). The van der Waals surface area contributed by atoms with Crippen molar-refractivity contribution >= 4 is 5.97 Å². The maximum atomic E-state index is 13.0. The minimum absolute atomic E-state index is 0.126. The number of H-pyrrole nitrogens is 1. The Morgan fingerprint density at radius 1 is 1.11 bits per heavy atom. The number of carboxylic acid groups (broad SMARTS) is 1. The second-order valence-electron chi connectivity index (χ2n) is 3.58. The molecule has 0 atom stereocenters. The summed E-state index contributed by atoms with van der Waals surface area (Å²) >= 11 is 0. The molecule has 18 heavy (non-hydrogen) atoms. The molecule has 0 unspecified atom stereocenters. The lowest BCUT2D eigenvalue weighted by atomic mass is 10.1. The average Bonchev–Trinajstić information content (AvgIpc) is 2.26. The molecule has 1 aromatic heterocycles. The summed E-state index contributed by atoms with van der Waals surface area (Å²) < 4.78 is 26.0. The molecule has 0 saturated heterocycles. The highest BCUT2D eigenvalue weighted by molar-refractivity contribution is 5.87. The van der Waals surface area contributed by atoms with Crippen molar-refractivity contribution in [2.75, 3.05) is 0 Å². The molecule has 0 amide bonds. The quantitative estimate of drug-likeness (QED) is 0.857.